The van der Waals surface area contributed by atoms with Crippen LogP contribution in [0.25, 0.3) is 0 Å². The minimum atomic E-state index is -0.698. The Morgan fingerprint density at radius 2 is 2.25 bits per heavy atom. The number of carboxylic acids is 1. The Morgan fingerprint density at radius 3 is 2.88 bits per heavy atom. The summed E-state index contributed by atoms with van der Waals surface area (Å²) in [6, 6.07) is 2.64. The number of aromatic nitrogens is 2. The van der Waals surface area contributed by atoms with Crippen LogP contribution in [-0.2, 0) is 17.8 Å². The maximum atomic E-state index is 10.9. The third-order valence-corrected chi connectivity index (χ3v) is 4.87. The van der Waals surface area contributed by atoms with Crippen molar-refractivity contribution in [2.24, 2.45) is 11.8 Å². The smallest absolute Gasteiger partial charge is 0.303 e. The monoisotopic (exact) mass is 336 g/mol. The van der Waals surface area contributed by atoms with Gasteiger partial charge in [-0.1, -0.05) is 13.8 Å². The molecule has 1 aromatic rings. The maximum Gasteiger partial charge on any atom is 0.303 e. The summed E-state index contributed by atoms with van der Waals surface area (Å²) < 4.78 is 0. The quantitative estimate of drug-likeness (QED) is 0.761. The number of rotatable bonds is 8. The molecule has 0 bridgehead atoms. The molecule has 6 nitrogen and oxygen atoms in total. The van der Waals surface area contributed by atoms with E-state index in [1.54, 1.807) is 0 Å². The summed E-state index contributed by atoms with van der Waals surface area (Å²) in [5, 5.41) is 16.6. The molecule has 0 aromatic carbocycles. The predicted molar refractivity (Wildman–Crippen MR) is 94.9 cm³/mol. The van der Waals surface area contributed by atoms with Gasteiger partial charge in [-0.05, 0) is 51.3 Å². The highest BCUT2D eigenvalue weighted by molar-refractivity contribution is 5.66. The van der Waals surface area contributed by atoms with Crippen molar-refractivity contribution in [2.45, 2.75) is 52.1 Å². The summed E-state index contributed by atoms with van der Waals surface area (Å²) in [4.78, 5) is 15.6. The van der Waals surface area contributed by atoms with E-state index in [0.29, 0.717) is 17.9 Å². The van der Waals surface area contributed by atoms with Crippen LogP contribution in [0.5, 0.6) is 0 Å². The van der Waals surface area contributed by atoms with Crippen LogP contribution in [0.4, 0.5) is 0 Å². The number of nitrogens with zero attached hydrogens (tertiary/aromatic N) is 3. The van der Waals surface area contributed by atoms with Gasteiger partial charge in [0.25, 0.3) is 0 Å². The number of piperidine rings is 1. The molecule has 2 heterocycles. The summed E-state index contributed by atoms with van der Waals surface area (Å²) in [6.07, 6.45) is 3.09. The Labute approximate surface area is 145 Å². The lowest BCUT2D eigenvalue weighted by Gasteiger charge is -2.41. The van der Waals surface area contributed by atoms with Gasteiger partial charge in [-0.15, -0.1) is 0 Å². The number of carbonyl (C=O) groups is 1. The van der Waals surface area contributed by atoms with Gasteiger partial charge < -0.3 is 10.0 Å². The molecule has 1 aliphatic rings. The molecule has 1 fully saturated rings. The van der Waals surface area contributed by atoms with E-state index in [-0.39, 0.29) is 6.42 Å². The first-order valence-corrected chi connectivity index (χ1v) is 8.99. The first kappa shape index (κ1) is 18.9. The van der Waals surface area contributed by atoms with Crippen LogP contribution in [0.1, 0.15) is 44.5 Å². The molecule has 0 spiro atoms. The Hall–Kier alpha value is -1.40. The molecule has 0 saturated carbocycles. The second kappa shape index (κ2) is 8.62. The zero-order valence-electron chi connectivity index (χ0n) is 15.5. The van der Waals surface area contributed by atoms with Gasteiger partial charge in [0.15, 0.2) is 0 Å². The Kier molecular flexibility index (Phi) is 6.80. The minimum absolute atomic E-state index is 0.255. The van der Waals surface area contributed by atoms with E-state index in [1.165, 1.54) is 0 Å². The van der Waals surface area contributed by atoms with E-state index in [4.69, 9.17) is 5.11 Å². The number of likely N-dealkylation sites (tertiary alicyclic amines) is 1. The molecule has 2 N–H and O–H groups in total. The standard InChI is InChI=1S/C18H32N4O2/c1-13(2)9-15-10-16(20-19-15)12-22-8-7-17(21(3)4)14(11-22)5-6-18(23)24/h10,13-14,17H,5-9,11-12H2,1-4H3,(H,19,20)(H,23,24)/t14-,17+/m0/s1. The van der Waals surface area contributed by atoms with Gasteiger partial charge in [0.2, 0.25) is 0 Å². The number of hydrogen-bond donors (Lipinski definition) is 2. The first-order valence-electron chi connectivity index (χ1n) is 8.99. The van der Waals surface area contributed by atoms with E-state index < -0.39 is 5.97 Å². The fraction of sp³-hybridized carbons (Fsp3) is 0.778. The molecule has 0 radical (unpaired) electrons. The second-order valence-corrected chi connectivity index (χ2v) is 7.73. The van der Waals surface area contributed by atoms with Crippen LogP contribution in [0, 0.1) is 11.8 Å². The summed E-state index contributed by atoms with van der Waals surface area (Å²) in [7, 11) is 4.20. The highest BCUT2D eigenvalue weighted by atomic mass is 16.4. The van der Waals surface area contributed by atoms with E-state index in [0.717, 1.165) is 50.3 Å². The predicted octanol–water partition coefficient (Wildman–Crippen LogP) is 2.23. The van der Waals surface area contributed by atoms with E-state index in [2.05, 4.69) is 54.0 Å². The van der Waals surface area contributed by atoms with E-state index in [1.807, 2.05) is 0 Å². The first-order chi connectivity index (χ1) is 11.3. The molecule has 6 heteroatoms. The molecule has 1 aliphatic heterocycles. The maximum absolute atomic E-state index is 10.9. The zero-order chi connectivity index (χ0) is 17.7. The van der Waals surface area contributed by atoms with E-state index >= 15 is 0 Å². The molecular formula is C18H32N4O2. The Balaban J connectivity index is 1.93. The van der Waals surface area contributed by atoms with Gasteiger partial charge >= 0.3 is 5.97 Å². The topological polar surface area (TPSA) is 72.5 Å². The molecule has 0 unspecified atom stereocenters. The summed E-state index contributed by atoms with van der Waals surface area (Å²) in [5.41, 5.74) is 2.29. The highest BCUT2D eigenvalue weighted by Crippen LogP contribution is 2.26. The van der Waals surface area contributed by atoms with Gasteiger partial charge in [0.05, 0.1) is 5.69 Å². The second-order valence-electron chi connectivity index (χ2n) is 7.73. The average Bonchev–Trinajstić information content (AvgIpc) is 2.91. The number of carboxylic acid groups (broad SMARTS) is 1. The zero-order valence-corrected chi connectivity index (χ0v) is 15.5. The largest absolute Gasteiger partial charge is 0.481 e. The molecule has 2 rings (SSSR count). The van der Waals surface area contributed by atoms with Crippen molar-refractivity contribution >= 4 is 5.97 Å². The number of hydrogen-bond acceptors (Lipinski definition) is 4. The van der Waals surface area contributed by atoms with Crippen molar-refractivity contribution in [1.29, 1.82) is 0 Å². The lowest BCUT2D eigenvalue weighted by molar-refractivity contribution is -0.137. The molecular weight excluding hydrogens is 304 g/mol. The van der Waals surface area contributed by atoms with Crippen molar-refractivity contribution in [1.82, 2.24) is 20.0 Å². The summed E-state index contributed by atoms with van der Waals surface area (Å²) in [6.45, 7) is 7.27. The van der Waals surface area contributed by atoms with Crippen LogP contribution in [0.15, 0.2) is 6.07 Å². The fourth-order valence-electron chi connectivity index (χ4n) is 3.77. The van der Waals surface area contributed by atoms with Crippen LogP contribution >= 0.6 is 0 Å². The number of aliphatic carboxylic acids is 1. The van der Waals surface area contributed by atoms with Crippen molar-refractivity contribution in [2.75, 3.05) is 27.2 Å². The highest BCUT2D eigenvalue weighted by Gasteiger charge is 2.31. The Morgan fingerprint density at radius 1 is 1.50 bits per heavy atom. The van der Waals surface area contributed by atoms with Crippen molar-refractivity contribution in [3.8, 4) is 0 Å². The normalized spacial score (nSPS) is 22.4. The van der Waals surface area contributed by atoms with Crippen LogP contribution in [-0.4, -0.2) is 64.3 Å². The third-order valence-electron chi connectivity index (χ3n) is 4.87. The lowest BCUT2D eigenvalue weighted by atomic mass is 9.87. The lowest BCUT2D eigenvalue weighted by Crippen LogP contribution is -2.48. The molecule has 136 valence electrons. The molecule has 0 amide bonds. The van der Waals surface area contributed by atoms with Crippen molar-refractivity contribution in [3.05, 3.63) is 17.5 Å². The third kappa shape index (κ3) is 5.60. The van der Waals surface area contributed by atoms with Gasteiger partial charge in [0, 0.05) is 37.8 Å². The molecule has 0 aliphatic carbocycles. The van der Waals surface area contributed by atoms with Crippen LogP contribution in [0.2, 0.25) is 0 Å². The minimum Gasteiger partial charge on any atom is -0.481 e. The van der Waals surface area contributed by atoms with E-state index in [9.17, 15) is 4.79 Å². The van der Waals surface area contributed by atoms with Crippen LogP contribution in [0.3, 0.4) is 0 Å². The summed E-state index contributed by atoms with van der Waals surface area (Å²) >= 11 is 0. The molecule has 1 aromatic heterocycles. The molecule has 1 saturated heterocycles. The van der Waals surface area contributed by atoms with Gasteiger partial charge in [-0.3, -0.25) is 14.8 Å². The van der Waals surface area contributed by atoms with Crippen molar-refractivity contribution < 1.29 is 9.90 Å². The molecule has 2 atom stereocenters. The summed E-state index contributed by atoms with van der Waals surface area (Å²) in [5.74, 6) is 0.316. The Bertz CT molecular complexity index is 527. The number of nitrogens with one attached hydrogen (secondary N) is 1. The van der Waals surface area contributed by atoms with Gasteiger partial charge in [-0.2, -0.15) is 5.10 Å². The SMILES string of the molecule is CC(C)Cc1cc(CN2CC[C@@H](N(C)C)[C@@H](CCC(=O)O)C2)[nH]n1. The van der Waals surface area contributed by atoms with Gasteiger partial charge in [-0.25, -0.2) is 0 Å². The van der Waals surface area contributed by atoms with Crippen LogP contribution < -0.4 is 0 Å². The van der Waals surface area contributed by atoms with Gasteiger partial charge in [0.1, 0.15) is 0 Å². The fourth-order valence-corrected chi connectivity index (χ4v) is 3.77. The van der Waals surface area contributed by atoms with Crippen molar-refractivity contribution in [3.63, 3.8) is 0 Å². The average molecular weight is 336 g/mol. The number of aromatic amines is 1. The molecule has 24 heavy (non-hydrogen) atoms. The number of H-pyrrole nitrogens is 1.